The SMILES string of the molecule is COc1cc2c(Nc3ccc(F)c(Cl)c3F)ncnc2cc1OC1COC2CCOC21. The van der Waals surface area contributed by atoms with E-state index in [0.29, 0.717) is 41.4 Å². The topological polar surface area (TPSA) is 74.7 Å². The molecule has 162 valence electrons. The number of hydrogen-bond acceptors (Lipinski definition) is 7. The quantitative estimate of drug-likeness (QED) is 0.584. The van der Waals surface area contributed by atoms with Gasteiger partial charge in [-0.25, -0.2) is 18.7 Å². The predicted molar refractivity (Wildman–Crippen MR) is 109 cm³/mol. The molecule has 2 aromatic carbocycles. The molecule has 0 bridgehead atoms. The van der Waals surface area contributed by atoms with Crippen molar-refractivity contribution in [3.05, 3.63) is 47.2 Å². The van der Waals surface area contributed by atoms with Crippen molar-refractivity contribution in [2.45, 2.75) is 24.7 Å². The number of anilines is 2. The third-order valence-corrected chi connectivity index (χ3v) is 5.75. The highest BCUT2D eigenvalue weighted by Gasteiger charge is 2.43. The molecule has 0 radical (unpaired) electrons. The zero-order valence-electron chi connectivity index (χ0n) is 16.4. The molecule has 2 aliphatic heterocycles. The first-order valence-corrected chi connectivity index (χ1v) is 10.1. The molecule has 7 nitrogen and oxygen atoms in total. The zero-order valence-corrected chi connectivity index (χ0v) is 17.2. The minimum atomic E-state index is -0.910. The number of rotatable bonds is 5. The molecular formula is C21H18ClF2N3O4. The number of aromatic nitrogens is 2. The van der Waals surface area contributed by atoms with Gasteiger partial charge in [-0.1, -0.05) is 11.6 Å². The smallest absolute Gasteiger partial charge is 0.168 e. The first-order chi connectivity index (χ1) is 15.0. The van der Waals surface area contributed by atoms with Crippen LogP contribution in [0.5, 0.6) is 11.5 Å². The second-order valence-corrected chi connectivity index (χ2v) is 7.62. The van der Waals surface area contributed by atoms with Crippen molar-refractivity contribution in [1.29, 1.82) is 0 Å². The second kappa shape index (κ2) is 8.07. The molecular weight excluding hydrogens is 432 g/mol. The Balaban J connectivity index is 1.49. The number of methoxy groups -OCH3 is 1. The lowest BCUT2D eigenvalue weighted by Gasteiger charge is -2.20. The molecule has 31 heavy (non-hydrogen) atoms. The third-order valence-electron chi connectivity index (χ3n) is 5.41. The van der Waals surface area contributed by atoms with Crippen molar-refractivity contribution in [2.24, 2.45) is 0 Å². The molecule has 0 saturated carbocycles. The molecule has 5 rings (SSSR count). The fourth-order valence-corrected chi connectivity index (χ4v) is 4.02. The molecule has 2 saturated heterocycles. The molecule has 2 fully saturated rings. The summed E-state index contributed by atoms with van der Waals surface area (Å²) in [5.74, 6) is -0.512. The highest BCUT2D eigenvalue weighted by molar-refractivity contribution is 6.31. The number of halogens is 3. The van der Waals surface area contributed by atoms with Crippen molar-refractivity contribution in [1.82, 2.24) is 9.97 Å². The van der Waals surface area contributed by atoms with E-state index >= 15 is 0 Å². The fraction of sp³-hybridized carbons (Fsp3) is 0.333. The normalized spacial score (nSPS) is 22.5. The minimum Gasteiger partial charge on any atom is -0.493 e. The molecule has 3 aromatic rings. The van der Waals surface area contributed by atoms with Gasteiger partial charge in [0.15, 0.2) is 23.4 Å². The Kier molecular flexibility index (Phi) is 5.25. The number of nitrogens with one attached hydrogen (secondary N) is 1. The van der Waals surface area contributed by atoms with Crippen LogP contribution in [0.25, 0.3) is 10.9 Å². The van der Waals surface area contributed by atoms with Crippen LogP contribution in [-0.4, -0.2) is 48.6 Å². The van der Waals surface area contributed by atoms with Gasteiger partial charge in [0.1, 0.15) is 29.1 Å². The molecule has 10 heteroatoms. The molecule has 0 aliphatic carbocycles. The van der Waals surface area contributed by atoms with E-state index in [1.165, 1.54) is 19.5 Å². The Morgan fingerprint density at radius 1 is 1.16 bits per heavy atom. The van der Waals surface area contributed by atoms with E-state index in [1.807, 2.05) is 0 Å². The summed E-state index contributed by atoms with van der Waals surface area (Å²) in [6.07, 6.45) is 1.86. The van der Waals surface area contributed by atoms with Gasteiger partial charge in [0, 0.05) is 18.1 Å². The van der Waals surface area contributed by atoms with E-state index in [0.717, 1.165) is 12.5 Å². The van der Waals surface area contributed by atoms with Gasteiger partial charge < -0.3 is 24.3 Å². The summed E-state index contributed by atoms with van der Waals surface area (Å²) in [5, 5.41) is 2.81. The van der Waals surface area contributed by atoms with E-state index in [4.69, 9.17) is 30.5 Å². The highest BCUT2D eigenvalue weighted by atomic mass is 35.5. The van der Waals surface area contributed by atoms with Crippen molar-refractivity contribution in [2.75, 3.05) is 25.6 Å². The monoisotopic (exact) mass is 449 g/mol. The Hall–Kier alpha value is -2.75. The number of nitrogens with zero attached hydrogens (tertiary/aromatic N) is 2. The molecule has 3 atom stereocenters. The van der Waals surface area contributed by atoms with Gasteiger partial charge in [-0.2, -0.15) is 0 Å². The van der Waals surface area contributed by atoms with Gasteiger partial charge >= 0.3 is 0 Å². The van der Waals surface area contributed by atoms with Gasteiger partial charge in [0.05, 0.1) is 31.0 Å². The van der Waals surface area contributed by atoms with Crippen LogP contribution in [0, 0.1) is 11.6 Å². The number of hydrogen-bond donors (Lipinski definition) is 1. The zero-order chi connectivity index (χ0) is 21.5. The van der Waals surface area contributed by atoms with Crippen LogP contribution in [0.3, 0.4) is 0 Å². The maximum Gasteiger partial charge on any atom is 0.168 e. The van der Waals surface area contributed by atoms with Gasteiger partial charge in [-0.15, -0.1) is 0 Å². The van der Waals surface area contributed by atoms with E-state index in [2.05, 4.69) is 15.3 Å². The van der Waals surface area contributed by atoms with Crippen LogP contribution in [-0.2, 0) is 9.47 Å². The third kappa shape index (κ3) is 3.62. The maximum atomic E-state index is 14.3. The summed E-state index contributed by atoms with van der Waals surface area (Å²) in [7, 11) is 1.52. The predicted octanol–water partition coefficient (Wildman–Crippen LogP) is 4.25. The Bertz CT molecular complexity index is 1150. The van der Waals surface area contributed by atoms with Crippen molar-refractivity contribution >= 4 is 34.0 Å². The lowest BCUT2D eigenvalue weighted by Crippen LogP contribution is -2.32. The molecule has 1 aromatic heterocycles. The molecule has 1 N–H and O–H groups in total. The van der Waals surface area contributed by atoms with E-state index < -0.39 is 16.7 Å². The van der Waals surface area contributed by atoms with Gasteiger partial charge in [0.2, 0.25) is 0 Å². The Labute approximate surface area is 181 Å². The maximum absolute atomic E-state index is 14.3. The molecule has 2 aliphatic rings. The summed E-state index contributed by atoms with van der Waals surface area (Å²) in [5.41, 5.74) is 0.531. The van der Waals surface area contributed by atoms with Crippen molar-refractivity contribution < 1.29 is 27.7 Å². The van der Waals surface area contributed by atoms with Crippen LogP contribution < -0.4 is 14.8 Å². The van der Waals surface area contributed by atoms with E-state index in [-0.39, 0.29) is 24.0 Å². The summed E-state index contributed by atoms with van der Waals surface area (Å²) in [6.45, 7) is 1.08. The summed E-state index contributed by atoms with van der Waals surface area (Å²) in [4.78, 5) is 8.47. The minimum absolute atomic E-state index is 0.0155. The Morgan fingerprint density at radius 3 is 2.87 bits per heavy atom. The largest absolute Gasteiger partial charge is 0.493 e. The van der Waals surface area contributed by atoms with Crippen LogP contribution in [0.2, 0.25) is 5.02 Å². The number of fused-ring (bicyclic) bond motifs is 2. The average Bonchev–Trinajstić information content (AvgIpc) is 3.39. The molecule has 0 spiro atoms. The molecule has 3 unspecified atom stereocenters. The van der Waals surface area contributed by atoms with E-state index in [9.17, 15) is 8.78 Å². The first-order valence-electron chi connectivity index (χ1n) is 9.68. The summed E-state index contributed by atoms with van der Waals surface area (Å²) < 4.78 is 50.9. The van der Waals surface area contributed by atoms with E-state index in [1.54, 1.807) is 12.1 Å². The van der Waals surface area contributed by atoms with Crippen molar-refractivity contribution in [3.63, 3.8) is 0 Å². The Morgan fingerprint density at radius 2 is 2.03 bits per heavy atom. The van der Waals surface area contributed by atoms with Crippen LogP contribution in [0.4, 0.5) is 20.3 Å². The molecule has 0 amide bonds. The lowest BCUT2D eigenvalue weighted by molar-refractivity contribution is 0.0298. The number of ether oxygens (including phenoxy) is 4. The highest BCUT2D eigenvalue weighted by Crippen LogP contribution is 2.38. The van der Waals surface area contributed by atoms with Crippen LogP contribution in [0.15, 0.2) is 30.6 Å². The van der Waals surface area contributed by atoms with Gasteiger partial charge in [-0.05, 0) is 24.6 Å². The number of benzene rings is 2. The van der Waals surface area contributed by atoms with Gasteiger partial charge in [-0.3, -0.25) is 0 Å². The average molecular weight is 450 g/mol. The van der Waals surface area contributed by atoms with Crippen LogP contribution >= 0.6 is 11.6 Å². The fourth-order valence-electron chi connectivity index (χ4n) is 3.86. The first kappa shape index (κ1) is 20.2. The van der Waals surface area contributed by atoms with Crippen molar-refractivity contribution in [3.8, 4) is 11.5 Å². The lowest BCUT2D eigenvalue weighted by atomic mass is 10.1. The summed E-state index contributed by atoms with van der Waals surface area (Å²) >= 11 is 5.68. The second-order valence-electron chi connectivity index (χ2n) is 7.24. The standard InChI is InChI=1S/C21H18ClF2N3O4/c1-28-15-6-10-13(7-16(15)31-17-8-30-14-4-5-29-20(14)17)25-9-26-21(10)27-12-3-2-11(23)18(22)19(12)24/h2-3,6-7,9,14,17,20H,4-5,8H2,1H3,(H,25,26,27). The van der Waals surface area contributed by atoms with Crippen LogP contribution in [0.1, 0.15) is 6.42 Å². The molecule has 3 heterocycles. The summed E-state index contributed by atoms with van der Waals surface area (Å²) in [6, 6.07) is 5.74. The van der Waals surface area contributed by atoms with Gasteiger partial charge in [0.25, 0.3) is 0 Å².